The largest absolute Gasteiger partial charge is 0.480 e. The molecule has 0 bridgehead atoms. The Balaban J connectivity index is 1.91. The molecule has 2 aliphatic heterocycles. The maximum Gasteiger partial charge on any atom is 0.326 e. The van der Waals surface area contributed by atoms with Crippen molar-refractivity contribution in [3.05, 3.63) is 22.2 Å². The molecule has 1 aromatic rings. The minimum atomic E-state index is -0.956. The monoisotopic (exact) mass is 355 g/mol. The van der Waals surface area contributed by atoms with E-state index in [0.29, 0.717) is 34.5 Å². The van der Waals surface area contributed by atoms with Gasteiger partial charge in [-0.3, -0.25) is 4.79 Å². The summed E-state index contributed by atoms with van der Waals surface area (Å²) in [6.45, 7) is 0.578. The average molecular weight is 356 g/mol. The highest BCUT2D eigenvalue weighted by molar-refractivity contribution is 9.10. The molecule has 0 spiro atoms. The van der Waals surface area contributed by atoms with Crippen LogP contribution in [-0.2, 0) is 4.79 Å². The number of rotatable bonds is 2. The van der Waals surface area contributed by atoms with E-state index in [1.807, 2.05) is 0 Å². The Morgan fingerprint density at radius 2 is 2.10 bits per heavy atom. The fourth-order valence-corrected chi connectivity index (χ4v) is 3.24. The second-order valence-electron chi connectivity index (χ2n) is 5.04. The van der Waals surface area contributed by atoms with E-state index in [-0.39, 0.29) is 12.7 Å². The van der Waals surface area contributed by atoms with Gasteiger partial charge in [0.15, 0.2) is 11.5 Å². The van der Waals surface area contributed by atoms with Crippen LogP contribution in [0.3, 0.4) is 0 Å². The van der Waals surface area contributed by atoms with Crippen LogP contribution >= 0.6 is 15.9 Å². The van der Waals surface area contributed by atoms with Crippen LogP contribution in [0, 0.1) is 0 Å². The number of piperidine rings is 1. The first-order valence-corrected chi connectivity index (χ1v) is 7.50. The molecule has 1 saturated heterocycles. The van der Waals surface area contributed by atoms with Crippen LogP contribution in [0.5, 0.6) is 11.5 Å². The van der Waals surface area contributed by atoms with E-state index in [4.69, 9.17) is 9.47 Å². The molecular weight excluding hydrogens is 342 g/mol. The van der Waals surface area contributed by atoms with E-state index >= 15 is 0 Å². The third kappa shape index (κ3) is 2.57. The molecule has 2 heterocycles. The number of benzene rings is 1. The van der Waals surface area contributed by atoms with Gasteiger partial charge < -0.3 is 19.5 Å². The van der Waals surface area contributed by atoms with E-state index in [9.17, 15) is 14.7 Å². The maximum absolute atomic E-state index is 12.6. The summed E-state index contributed by atoms with van der Waals surface area (Å²) in [5.74, 6) is -0.180. The number of nitrogens with zero attached hydrogens (tertiary/aromatic N) is 1. The molecule has 0 saturated carbocycles. The summed E-state index contributed by atoms with van der Waals surface area (Å²) in [6.07, 6.45) is 2.14. The molecule has 7 heteroatoms. The van der Waals surface area contributed by atoms with Gasteiger partial charge in [0.2, 0.25) is 6.79 Å². The van der Waals surface area contributed by atoms with Gasteiger partial charge in [-0.05, 0) is 47.3 Å². The van der Waals surface area contributed by atoms with Crippen molar-refractivity contribution in [1.82, 2.24) is 4.90 Å². The number of halogens is 1. The lowest BCUT2D eigenvalue weighted by molar-refractivity contribution is -0.143. The number of hydrogen-bond donors (Lipinski definition) is 1. The summed E-state index contributed by atoms with van der Waals surface area (Å²) in [5, 5.41) is 9.27. The van der Waals surface area contributed by atoms with Gasteiger partial charge in [-0.25, -0.2) is 4.79 Å². The van der Waals surface area contributed by atoms with Gasteiger partial charge in [0.1, 0.15) is 6.04 Å². The zero-order valence-corrected chi connectivity index (χ0v) is 12.8. The molecule has 112 valence electrons. The van der Waals surface area contributed by atoms with Crippen LogP contribution in [-0.4, -0.2) is 41.3 Å². The van der Waals surface area contributed by atoms with Crippen LogP contribution < -0.4 is 9.47 Å². The van der Waals surface area contributed by atoms with Crippen molar-refractivity contribution in [2.24, 2.45) is 0 Å². The molecule has 1 amide bonds. The van der Waals surface area contributed by atoms with Gasteiger partial charge in [-0.1, -0.05) is 0 Å². The quantitative estimate of drug-likeness (QED) is 0.880. The van der Waals surface area contributed by atoms with Crippen LogP contribution in [0.2, 0.25) is 0 Å². The molecule has 2 aliphatic rings. The van der Waals surface area contributed by atoms with E-state index in [2.05, 4.69) is 15.9 Å². The number of fused-ring (bicyclic) bond motifs is 1. The molecule has 0 radical (unpaired) electrons. The van der Waals surface area contributed by atoms with Crippen LogP contribution in [0.1, 0.15) is 29.6 Å². The maximum atomic E-state index is 12.6. The Hall–Kier alpha value is -1.76. The van der Waals surface area contributed by atoms with E-state index in [1.165, 1.54) is 4.90 Å². The second-order valence-corrected chi connectivity index (χ2v) is 5.89. The van der Waals surface area contributed by atoms with Crippen molar-refractivity contribution in [1.29, 1.82) is 0 Å². The number of hydrogen-bond acceptors (Lipinski definition) is 4. The Bertz CT molecular complexity index is 603. The van der Waals surface area contributed by atoms with Gasteiger partial charge in [-0.2, -0.15) is 0 Å². The number of carbonyl (C=O) groups excluding carboxylic acids is 1. The highest BCUT2D eigenvalue weighted by atomic mass is 79.9. The average Bonchev–Trinajstić information content (AvgIpc) is 2.95. The van der Waals surface area contributed by atoms with E-state index < -0.39 is 12.0 Å². The standard InChI is InChI=1S/C14H14BrNO5/c15-9-5-8(6-11-12(9)21-7-20-11)13(17)16-4-2-1-3-10(16)14(18)19/h5-6,10H,1-4,7H2,(H,18,19)/t10-/m1/s1. The number of likely N-dealkylation sites (tertiary alicyclic amines) is 1. The SMILES string of the molecule is O=C(O)[C@H]1CCCCN1C(=O)c1cc(Br)c2c(c1)OCO2. The topological polar surface area (TPSA) is 76.1 Å². The fourth-order valence-electron chi connectivity index (χ4n) is 2.69. The molecule has 0 unspecified atom stereocenters. The lowest BCUT2D eigenvalue weighted by atomic mass is 10.0. The van der Waals surface area contributed by atoms with Crippen molar-refractivity contribution in [2.75, 3.05) is 13.3 Å². The van der Waals surface area contributed by atoms with E-state index in [0.717, 1.165) is 12.8 Å². The number of carbonyl (C=O) groups is 2. The van der Waals surface area contributed by atoms with Crippen LogP contribution in [0.15, 0.2) is 16.6 Å². The minimum Gasteiger partial charge on any atom is -0.480 e. The molecule has 0 aromatic heterocycles. The van der Waals surface area contributed by atoms with Crippen molar-refractivity contribution in [2.45, 2.75) is 25.3 Å². The number of carboxylic acids is 1. The Morgan fingerprint density at radius 3 is 2.86 bits per heavy atom. The van der Waals surface area contributed by atoms with Gasteiger partial charge >= 0.3 is 5.97 Å². The number of ether oxygens (including phenoxy) is 2. The number of amides is 1. The summed E-state index contributed by atoms with van der Waals surface area (Å²) >= 11 is 3.34. The summed E-state index contributed by atoms with van der Waals surface area (Å²) in [7, 11) is 0. The first-order valence-electron chi connectivity index (χ1n) is 6.71. The first kappa shape index (κ1) is 14.2. The van der Waals surface area contributed by atoms with Gasteiger partial charge in [0.05, 0.1) is 4.47 Å². The predicted octanol–water partition coefficient (Wildman–Crippen LogP) is 2.26. The Morgan fingerprint density at radius 1 is 1.29 bits per heavy atom. The molecule has 0 aliphatic carbocycles. The van der Waals surface area contributed by atoms with E-state index in [1.54, 1.807) is 12.1 Å². The normalized spacial score (nSPS) is 20.4. The lowest BCUT2D eigenvalue weighted by Crippen LogP contribution is -2.47. The molecule has 1 aromatic carbocycles. The fraction of sp³-hybridized carbons (Fsp3) is 0.429. The molecule has 6 nitrogen and oxygen atoms in total. The minimum absolute atomic E-state index is 0.118. The smallest absolute Gasteiger partial charge is 0.326 e. The third-order valence-electron chi connectivity index (χ3n) is 3.72. The van der Waals surface area contributed by atoms with Crippen LogP contribution in [0.4, 0.5) is 0 Å². The van der Waals surface area contributed by atoms with Crippen molar-refractivity contribution < 1.29 is 24.2 Å². The molecule has 1 fully saturated rings. The zero-order chi connectivity index (χ0) is 15.0. The highest BCUT2D eigenvalue weighted by Gasteiger charge is 2.33. The molecule has 3 rings (SSSR count). The van der Waals surface area contributed by atoms with Gasteiger partial charge in [-0.15, -0.1) is 0 Å². The third-order valence-corrected chi connectivity index (χ3v) is 4.31. The number of aliphatic carboxylic acids is 1. The lowest BCUT2D eigenvalue weighted by Gasteiger charge is -2.33. The molecule has 21 heavy (non-hydrogen) atoms. The Kier molecular flexibility index (Phi) is 3.75. The Labute approximate surface area is 129 Å². The molecular formula is C14H14BrNO5. The first-order chi connectivity index (χ1) is 10.1. The number of carboxylic acid groups (broad SMARTS) is 1. The highest BCUT2D eigenvalue weighted by Crippen LogP contribution is 2.40. The molecule has 1 N–H and O–H groups in total. The van der Waals surface area contributed by atoms with Gasteiger partial charge in [0, 0.05) is 12.1 Å². The summed E-state index contributed by atoms with van der Waals surface area (Å²) in [6, 6.07) is 2.49. The van der Waals surface area contributed by atoms with Crippen LogP contribution in [0.25, 0.3) is 0 Å². The second kappa shape index (κ2) is 5.55. The summed E-state index contributed by atoms with van der Waals surface area (Å²) < 4.78 is 11.2. The van der Waals surface area contributed by atoms with Gasteiger partial charge in [0.25, 0.3) is 5.91 Å². The van der Waals surface area contributed by atoms with Crippen molar-refractivity contribution >= 4 is 27.8 Å². The van der Waals surface area contributed by atoms with Crippen molar-refractivity contribution in [3.63, 3.8) is 0 Å². The summed E-state index contributed by atoms with van der Waals surface area (Å²) in [4.78, 5) is 25.3. The molecule has 1 atom stereocenters. The van der Waals surface area contributed by atoms with Crippen molar-refractivity contribution in [3.8, 4) is 11.5 Å². The summed E-state index contributed by atoms with van der Waals surface area (Å²) in [5.41, 5.74) is 0.402. The predicted molar refractivity (Wildman–Crippen MR) is 76.6 cm³/mol. The zero-order valence-electron chi connectivity index (χ0n) is 11.2.